The highest BCUT2D eigenvalue weighted by atomic mass is 16.5. The number of para-hydroxylation sites is 3. The normalized spacial score (nSPS) is 10.8. The maximum Gasteiger partial charge on any atom is 0.128 e. The van der Waals surface area contributed by atoms with Crippen molar-refractivity contribution in [2.24, 2.45) is 0 Å². The second-order valence-electron chi connectivity index (χ2n) is 7.92. The summed E-state index contributed by atoms with van der Waals surface area (Å²) in [5.74, 6) is 1.66. The van der Waals surface area contributed by atoms with Crippen LogP contribution < -0.4 is 9.64 Å². The van der Waals surface area contributed by atoms with Gasteiger partial charge < -0.3 is 9.64 Å². The van der Waals surface area contributed by atoms with Gasteiger partial charge in [-0.15, -0.1) is 0 Å². The number of anilines is 3. The summed E-state index contributed by atoms with van der Waals surface area (Å²) in [6.07, 6.45) is 4.24. The zero-order chi connectivity index (χ0) is 23.0. The smallest absolute Gasteiger partial charge is 0.128 e. The van der Waals surface area contributed by atoms with Gasteiger partial charge in [0.15, 0.2) is 0 Å². The lowest BCUT2D eigenvalue weighted by molar-refractivity contribution is 0.482. The molecule has 0 aliphatic rings. The molecule has 0 amide bonds. The molecule has 0 unspecified atom stereocenters. The van der Waals surface area contributed by atoms with E-state index in [1.165, 1.54) is 0 Å². The summed E-state index contributed by atoms with van der Waals surface area (Å²) in [5, 5.41) is 0. The van der Waals surface area contributed by atoms with Crippen molar-refractivity contribution in [2.45, 2.75) is 0 Å². The van der Waals surface area contributed by atoms with Crippen LogP contribution in [-0.4, -0.2) is 0 Å². The van der Waals surface area contributed by atoms with Gasteiger partial charge in [-0.25, -0.2) is 0 Å². The third-order valence-corrected chi connectivity index (χ3v) is 5.49. The Labute approximate surface area is 201 Å². The number of ether oxygens (including phenoxy) is 1. The number of benzene rings is 5. The second kappa shape index (κ2) is 10.4. The summed E-state index contributed by atoms with van der Waals surface area (Å²) in [4.78, 5) is 2.26. The van der Waals surface area contributed by atoms with E-state index in [0.717, 1.165) is 39.7 Å². The largest absolute Gasteiger partial charge is 0.457 e. The second-order valence-corrected chi connectivity index (χ2v) is 7.92. The zero-order valence-electron chi connectivity index (χ0n) is 18.8. The number of rotatable bonds is 7. The summed E-state index contributed by atoms with van der Waals surface area (Å²) in [6.45, 7) is 0. The fourth-order valence-electron chi connectivity index (χ4n) is 3.83. The molecule has 0 radical (unpaired) electrons. The van der Waals surface area contributed by atoms with Crippen LogP contribution in [0.4, 0.5) is 17.1 Å². The van der Waals surface area contributed by atoms with Gasteiger partial charge in [-0.2, -0.15) is 0 Å². The van der Waals surface area contributed by atoms with Gasteiger partial charge in [-0.3, -0.25) is 0 Å². The minimum absolute atomic E-state index is 0.824. The summed E-state index contributed by atoms with van der Waals surface area (Å²) >= 11 is 0. The monoisotopic (exact) mass is 439 g/mol. The van der Waals surface area contributed by atoms with Gasteiger partial charge in [0.1, 0.15) is 11.5 Å². The summed E-state index contributed by atoms with van der Waals surface area (Å²) < 4.78 is 5.96. The van der Waals surface area contributed by atoms with Crippen molar-refractivity contribution in [3.63, 3.8) is 0 Å². The van der Waals surface area contributed by atoms with Crippen molar-refractivity contribution in [3.05, 3.63) is 151 Å². The fraction of sp³-hybridized carbons (Fsp3) is 0. The molecular weight excluding hydrogens is 414 g/mol. The van der Waals surface area contributed by atoms with Gasteiger partial charge in [-0.05, 0) is 71.8 Å². The molecule has 0 saturated heterocycles. The molecule has 34 heavy (non-hydrogen) atoms. The predicted octanol–water partition coefficient (Wildman–Crippen LogP) is 9.12. The van der Waals surface area contributed by atoms with Crippen molar-refractivity contribution in [3.8, 4) is 11.5 Å². The molecule has 5 aromatic carbocycles. The molecule has 2 nitrogen and oxygen atoms in total. The Kier molecular flexibility index (Phi) is 6.50. The lowest BCUT2D eigenvalue weighted by Gasteiger charge is -2.25. The van der Waals surface area contributed by atoms with Crippen LogP contribution in [0.15, 0.2) is 140 Å². The van der Waals surface area contributed by atoms with Gasteiger partial charge in [-0.1, -0.05) is 91.0 Å². The Hall–Kier alpha value is -4.56. The van der Waals surface area contributed by atoms with Crippen molar-refractivity contribution in [1.29, 1.82) is 0 Å². The van der Waals surface area contributed by atoms with Crippen molar-refractivity contribution in [1.82, 2.24) is 0 Å². The molecule has 5 rings (SSSR count). The summed E-state index contributed by atoms with van der Waals surface area (Å²) in [7, 11) is 0. The van der Waals surface area contributed by atoms with E-state index in [1.807, 2.05) is 60.7 Å². The Morgan fingerprint density at radius 3 is 1.53 bits per heavy atom. The third-order valence-electron chi connectivity index (χ3n) is 5.49. The van der Waals surface area contributed by atoms with Crippen LogP contribution in [0.5, 0.6) is 11.5 Å². The first-order valence-corrected chi connectivity index (χ1v) is 11.4. The highest BCUT2D eigenvalue weighted by molar-refractivity contribution is 5.78. The molecule has 2 heteroatoms. The minimum atomic E-state index is 0.824. The Bertz CT molecular complexity index is 1310. The molecule has 0 fully saturated rings. The first-order valence-electron chi connectivity index (χ1n) is 11.4. The third kappa shape index (κ3) is 5.25. The van der Waals surface area contributed by atoms with E-state index < -0.39 is 0 Å². The van der Waals surface area contributed by atoms with E-state index in [-0.39, 0.29) is 0 Å². The predicted molar refractivity (Wildman–Crippen MR) is 143 cm³/mol. The Morgan fingerprint density at radius 2 is 0.912 bits per heavy atom. The van der Waals surface area contributed by atoms with Crippen LogP contribution in [0.1, 0.15) is 11.1 Å². The van der Waals surface area contributed by atoms with E-state index in [1.54, 1.807) is 0 Å². The maximum absolute atomic E-state index is 5.96. The van der Waals surface area contributed by atoms with Gasteiger partial charge in [0.25, 0.3) is 0 Å². The van der Waals surface area contributed by atoms with Crippen LogP contribution in [0.25, 0.3) is 12.2 Å². The SMILES string of the molecule is C(=Cc1cccc(Oc2ccccc2)c1)c1ccc(N(c2ccccc2)c2ccccc2)cc1. The molecular formula is C32H25NO. The van der Waals surface area contributed by atoms with Crippen LogP contribution in [0, 0.1) is 0 Å². The van der Waals surface area contributed by atoms with Gasteiger partial charge in [0.2, 0.25) is 0 Å². The van der Waals surface area contributed by atoms with Gasteiger partial charge in [0, 0.05) is 17.1 Å². The van der Waals surface area contributed by atoms with E-state index in [2.05, 4.69) is 95.9 Å². The van der Waals surface area contributed by atoms with Crippen LogP contribution in [-0.2, 0) is 0 Å². The Morgan fingerprint density at radius 1 is 0.412 bits per heavy atom. The Balaban J connectivity index is 1.35. The molecule has 5 aromatic rings. The summed E-state index contributed by atoms with van der Waals surface area (Å²) in [6, 6.07) is 47.4. The quantitative estimate of drug-likeness (QED) is 0.234. The lowest BCUT2D eigenvalue weighted by Crippen LogP contribution is -2.09. The van der Waals surface area contributed by atoms with E-state index in [9.17, 15) is 0 Å². The van der Waals surface area contributed by atoms with E-state index in [0.29, 0.717) is 0 Å². The number of nitrogens with zero attached hydrogens (tertiary/aromatic N) is 1. The van der Waals surface area contributed by atoms with Crippen molar-refractivity contribution < 1.29 is 4.74 Å². The molecule has 0 spiro atoms. The van der Waals surface area contributed by atoms with E-state index in [4.69, 9.17) is 4.74 Å². The van der Waals surface area contributed by atoms with Crippen LogP contribution in [0.3, 0.4) is 0 Å². The minimum Gasteiger partial charge on any atom is -0.457 e. The summed E-state index contributed by atoms with van der Waals surface area (Å²) in [5.41, 5.74) is 5.61. The molecule has 164 valence electrons. The molecule has 0 aliphatic heterocycles. The first-order chi connectivity index (χ1) is 16.8. The van der Waals surface area contributed by atoms with Crippen LogP contribution >= 0.6 is 0 Å². The first kappa shape index (κ1) is 21.3. The molecule has 0 atom stereocenters. The van der Waals surface area contributed by atoms with Gasteiger partial charge in [0.05, 0.1) is 0 Å². The zero-order valence-corrected chi connectivity index (χ0v) is 18.8. The molecule has 0 heterocycles. The highest BCUT2D eigenvalue weighted by Crippen LogP contribution is 2.34. The van der Waals surface area contributed by atoms with Gasteiger partial charge >= 0.3 is 0 Å². The van der Waals surface area contributed by atoms with Crippen LogP contribution in [0.2, 0.25) is 0 Å². The van der Waals surface area contributed by atoms with Crippen molar-refractivity contribution >= 4 is 29.2 Å². The fourth-order valence-corrected chi connectivity index (χ4v) is 3.83. The number of hydrogen-bond donors (Lipinski definition) is 0. The number of hydrogen-bond acceptors (Lipinski definition) is 2. The molecule has 0 saturated carbocycles. The molecule has 0 aromatic heterocycles. The topological polar surface area (TPSA) is 12.5 Å². The average Bonchev–Trinajstić information content (AvgIpc) is 2.91. The molecule has 0 N–H and O–H groups in total. The highest BCUT2D eigenvalue weighted by Gasteiger charge is 2.11. The molecule has 0 bridgehead atoms. The van der Waals surface area contributed by atoms with Crippen molar-refractivity contribution in [2.75, 3.05) is 4.90 Å². The lowest BCUT2D eigenvalue weighted by atomic mass is 10.1. The maximum atomic E-state index is 5.96. The standard InChI is InChI=1S/C32H25NO/c1-4-12-28(13-5-1)33(29-14-6-2-7-15-29)30-23-21-26(22-24-30)19-20-27-11-10-18-32(25-27)34-31-16-8-3-9-17-31/h1-25H. The van der Waals surface area contributed by atoms with E-state index >= 15 is 0 Å². The average molecular weight is 440 g/mol. The molecule has 0 aliphatic carbocycles.